The molecule has 19 heavy (non-hydrogen) atoms. The highest BCUT2D eigenvalue weighted by atomic mass is 16.2. The highest BCUT2D eigenvalue weighted by molar-refractivity contribution is 5.80. The molecule has 0 aromatic heterocycles. The van der Waals surface area contributed by atoms with Gasteiger partial charge in [0.2, 0.25) is 11.8 Å². The summed E-state index contributed by atoms with van der Waals surface area (Å²) in [5, 5.41) is 2.96. The second-order valence-corrected chi connectivity index (χ2v) is 5.40. The van der Waals surface area contributed by atoms with Gasteiger partial charge in [0, 0.05) is 31.5 Å². The molecule has 1 saturated heterocycles. The topological polar surface area (TPSA) is 49.4 Å². The summed E-state index contributed by atoms with van der Waals surface area (Å²) in [4.78, 5) is 25.7. The van der Waals surface area contributed by atoms with Gasteiger partial charge in [0.1, 0.15) is 0 Å². The maximum atomic E-state index is 11.9. The summed E-state index contributed by atoms with van der Waals surface area (Å²) in [7, 11) is 0. The van der Waals surface area contributed by atoms with Gasteiger partial charge in [-0.3, -0.25) is 9.59 Å². The van der Waals surface area contributed by atoms with Gasteiger partial charge < -0.3 is 10.2 Å². The fourth-order valence-corrected chi connectivity index (χ4v) is 2.32. The van der Waals surface area contributed by atoms with Crippen molar-refractivity contribution < 1.29 is 9.59 Å². The summed E-state index contributed by atoms with van der Waals surface area (Å²) in [6, 6.07) is 0. The molecule has 1 fully saturated rings. The molecule has 0 aliphatic carbocycles. The Labute approximate surface area is 116 Å². The van der Waals surface area contributed by atoms with Crippen LogP contribution in [0.5, 0.6) is 0 Å². The molecule has 1 aliphatic heterocycles. The molecule has 1 N–H and O–H groups in total. The van der Waals surface area contributed by atoms with Crippen LogP contribution in [-0.2, 0) is 9.59 Å². The zero-order chi connectivity index (χ0) is 14.3. The maximum absolute atomic E-state index is 11.9. The molecule has 0 bridgehead atoms. The molecule has 0 saturated carbocycles. The van der Waals surface area contributed by atoms with Crippen LogP contribution in [0.2, 0.25) is 0 Å². The SMILES string of the molecule is C/C=C/CCNC(=O)C1CCN(C(=O)C(C)C)CC1. The Balaban J connectivity index is 2.29. The summed E-state index contributed by atoms with van der Waals surface area (Å²) in [6.07, 6.45) is 6.49. The minimum atomic E-state index is 0.0474. The van der Waals surface area contributed by atoms with E-state index in [0.717, 1.165) is 19.3 Å². The lowest BCUT2D eigenvalue weighted by Gasteiger charge is -2.32. The van der Waals surface area contributed by atoms with Crippen molar-refractivity contribution in [3.8, 4) is 0 Å². The molecule has 0 spiro atoms. The fourth-order valence-electron chi connectivity index (χ4n) is 2.32. The van der Waals surface area contributed by atoms with Gasteiger partial charge in [-0.1, -0.05) is 26.0 Å². The van der Waals surface area contributed by atoms with E-state index in [1.807, 2.05) is 37.8 Å². The van der Waals surface area contributed by atoms with Crippen LogP contribution in [0, 0.1) is 11.8 Å². The van der Waals surface area contributed by atoms with E-state index in [-0.39, 0.29) is 23.7 Å². The zero-order valence-electron chi connectivity index (χ0n) is 12.3. The van der Waals surface area contributed by atoms with Crippen molar-refractivity contribution in [2.24, 2.45) is 11.8 Å². The Bertz CT molecular complexity index is 329. The average molecular weight is 266 g/mol. The largest absolute Gasteiger partial charge is 0.356 e. The number of carbonyl (C=O) groups is 2. The molecule has 1 heterocycles. The summed E-state index contributed by atoms with van der Waals surface area (Å²) in [5.41, 5.74) is 0. The van der Waals surface area contributed by atoms with E-state index in [4.69, 9.17) is 0 Å². The third-order valence-corrected chi connectivity index (χ3v) is 3.52. The number of carbonyl (C=O) groups excluding carboxylic acids is 2. The first-order valence-corrected chi connectivity index (χ1v) is 7.24. The van der Waals surface area contributed by atoms with Crippen LogP contribution in [0.1, 0.15) is 40.0 Å². The quantitative estimate of drug-likeness (QED) is 0.611. The van der Waals surface area contributed by atoms with Gasteiger partial charge in [-0.15, -0.1) is 0 Å². The van der Waals surface area contributed by atoms with Crippen molar-refractivity contribution in [1.82, 2.24) is 10.2 Å². The normalized spacial score (nSPS) is 17.2. The fraction of sp³-hybridized carbons (Fsp3) is 0.733. The molecule has 108 valence electrons. The van der Waals surface area contributed by atoms with Crippen molar-refractivity contribution in [2.75, 3.05) is 19.6 Å². The van der Waals surface area contributed by atoms with Gasteiger partial charge in [0.05, 0.1) is 0 Å². The zero-order valence-corrected chi connectivity index (χ0v) is 12.3. The van der Waals surface area contributed by atoms with Crippen LogP contribution in [0.3, 0.4) is 0 Å². The molecule has 1 aliphatic rings. The molecule has 4 heteroatoms. The number of likely N-dealkylation sites (tertiary alicyclic amines) is 1. The summed E-state index contributed by atoms with van der Waals surface area (Å²) < 4.78 is 0. The lowest BCUT2D eigenvalue weighted by atomic mass is 9.95. The maximum Gasteiger partial charge on any atom is 0.225 e. The third kappa shape index (κ3) is 5.05. The van der Waals surface area contributed by atoms with Gasteiger partial charge >= 0.3 is 0 Å². The number of hydrogen-bond donors (Lipinski definition) is 1. The lowest BCUT2D eigenvalue weighted by Crippen LogP contribution is -2.44. The van der Waals surface area contributed by atoms with Crippen LogP contribution < -0.4 is 5.32 Å². The molecule has 2 amide bonds. The first-order valence-electron chi connectivity index (χ1n) is 7.24. The van der Waals surface area contributed by atoms with Crippen molar-refractivity contribution in [3.05, 3.63) is 12.2 Å². The first kappa shape index (κ1) is 15.7. The van der Waals surface area contributed by atoms with E-state index < -0.39 is 0 Å². The Morgan fingerprint density at radius 1 is 1.32 bits per heavy atom. The van der Waals surface area contributed by atoms with Gasteiger partial charge in [-0.25, -0.2) is 0 Å². The van der Waals surface area contributed by atoms with Crippen LogP contribution in [0.4, 0.5) is 0 Å². The molecule has 1 rings (SSSR count). The molecule has 0 unspecified atom stereocenters. The number of amides is 2. The number of piperidine rings is 1. The van der Waals surface area contributed by atoms with E-state index in [1.54, 1.807) is 0 Å². The summed E-state index contributed by atoms with van der Waals surface area (Å²) >= 11 is 0. The minimum Gasteiger partial charge on any atom is -0.356 e. The highest BCUT2D eigenvalue weighted by Crippen LogP contribution is 2.18. The van der Waals surface area contributed by atoms with Crippen LogP contribution in [0.25, 0.3) is 0 Å². The second kappa shape index (κ2) is 7.97. The predicted molar refractivity (Wildman–Crippen MR) is 76.6 cm³/mol. The highest BCUT2D eigenvalue weighted by Gasteiger charge is 2.27. The van der Waals surface area contributed by atoms with E-state index in [9.17, 15) is 9.59 Å². The summed E-state index contributed by atoms with van der Waals surface area (Å²) in [6.45, 7) is 7.94. The second-order valence-electron chi connectivity index (χ2n) is 5.40. The number of allylic oxidation sites excluding steroid dienone is 1. The van der Waals surface area contributed by atoms with E-state index in [2.05, 4.69) is 5.32 Å². The van der Waals surface area contributed by atoms with Crippen LogP contribution >= 0.6 is 0 Å². The van der Waals surface area contributed by atoms with Crippen molar-refractivity contribution in [2.45, 2.75) is 40.0 Å². The molecular formula is C15H26N2O2. The average Bonchev–Trinajstić information content (AvgIpc) is 2.42. The van der Waals surface area contributed by atoms with E-state index >= 15 is 0 Å². The molecule has 0 radical (unpaired) electrons. The third-order valence-electron chi connectivity index (χ3n) is 3.52. The number of nitrogens with one attached hydrogen (secondary N) is 1. The van der Waals surface area contributed by atoms with Crippen molar-refractivity contribution in [3.63, 3.8) is 0 Å². The van der Waals surface area contributed by atoms with Crippen molar-refractivity contribution >= 4 is 11.8 Å². The smallest absolute Gasteiger partial charge is 0.225 e. The molecule has 4 nitrogen and oxygen atoms in total. The van der Waals surface area contributed by atoms with Gasteiger partial charge in [-0.05, 0) is 26.2 Å². The van der Waals surface area contributed by atoms with Crippen LogP contribution in [-0.4, -0.2) is 36.3 Å². The summed E-state index contributed by atoms with van der Waals surface area (Å²) in [5.74, 6) is 0.459. The number of rotatable bonds is 5. The van der Waals surface area contributed by atoms with Gasteiger partial charge in [0.25, 0.3) is 0 Å². The number of hydrogen-bond acceptors (Lipinski definition) is 2. The molecule has 0 atom stereocenters. The van der Waals surface area contributed by atoms with Gasteiger partial charge in [-0.2, -0.15) is 0 Å². The molecular weight excluding hydrogens is 240 g/mol. The predicted octanol–water partition coefficient (Wildman–Crippen LogP) is 1.96. The molecule has 0 aromatic rings. The standard InChI is InChI=1S/C15H26N2O2/c1-4-5-6-9-16-14(18)13-7-10-17(11-8-13)15(19)12(2)3/h4-5,12-13H,6-11H2,1-3H3,(H,16,18)/b5-4+. The van der Waals surface area contributed by atoms with E-state index in [1.165, 1.54) is 0 Å². The van der Waals surface area contributed by atoms with Crippen molar-refractivity contribution in [1.29, 1.82) is 0 Å². The van der Waals surface area contributed by atoms with E-state index in [0.29, 0.717) is 19.6 Å². The lowest BCUT2D eigenvalue weighted by molar-refractivity contribution is -0.138. The minimum absolute atomic E-state index is 0.0474. The molecule has 0 aromatic carbocycles. The first-order chi connectivity index (χ1) is 9.06. The monoisotopic (exact) mass is 266 g/mol. The Hall–Kier alpha value is -1.32. The van der Waals surface area contributed by atoms with Crippen LogP contribution in [0.15, 0.2) is 12.2 Å². The Morgan fingerprint density at radius 3 is 2.47 bits per heavy atom. The Morgan fingerprint density at radius 2 is 1.95 bits per heavy atom. The number of nitrogens with zero attached hydrogens (tertiary/aromatic N) is 1. The van der Waals surface area contributed by atoms with Gasteiger partial charge in [0.15, 0.2) is 0 Å². The Kier molecular flexibility index (Phi) is 6.60.